The zero-order chi connectivity index (χ0) is 32.6. The number of anilines is 3. The summed E-state index contributed by atoms with van der Waals surface area (Å²) >= 11 is 0. The van der Waals surface area contributed by atoms with E-state index in [1.807, 2.05) is 18.2 Å². The molecular weight excluding hydrogens is 628 g/mol. The number of alkyl halides is 2. The molecule has 4 aromatic heterocycles. The lowest BCUT2D eigenvalue weighted by molar-refractivity contribution is -0.0360. The molecule has 1 aliphatic heterocycles. The Morgan fingerprint density at radius 2 is 1.72 bits per heavy atom. The Labute approximate surface area is 272 Å². The fourth-order valence-electron chi connectivity index (χ4n) is 5.93. The number of nitrogens with zero attached hydrogens (tertiary/aromatic N) is 7. The molecular formula is C32H37F2N9O3S. The quantitative estimate of drug-likeness (QED) is 0.227. The highest BCUT2D eigenvalue weighted by atomic mass is 32.2. The fourth-order valence-corrected chi connectivity index (χ4v) is 7.41. The molecule has 15 heteroatoms. The van der Waals surface area contributed by atoms with Crippen LogP contribution in [-0.2, 0) is 10.0 Å². The van der Waals surface area contributed by atoms with E-state index < -0.39 is 21.2 Å². The predicted molar refractivity (Wildman–Crippen MR) is 173 cm³/mol. The summed E-state index contributed by atoms with van der Waals surface area (Å²) in [6.45, 7) is 1.99. The monoisotopic (exact) mass is 665 g/mol. The van der Waals surface area contributed by atoms with Crippen LogP contribution in [0.25, 0.3) is 22.6 Å². The average molecular weight is 666 g/mol. The summed E-state index contributed by atoms with van der Waals surface area (Å²) in [5, 5.41) is 10.3. The van der Waals surface area contributed by atoms with Crippen molar-refractivity contribution in [1.29, 1.82) is 0 Å². The van der Waals surface area contributed by atoms with Crippen molar-refractivity contribution in [3.63, 3.8) is 0 Å². The zero-order valence-electron chi connectivity index (χ0n) is 26.0. The molecule has 0 aromatic carbocycles. The zero-order valence-corrected chi connectivity index (χ0v) is 26.8. The topological polar surface area (TPSA) is 140 Å². The molecule has 0 spiro atoms. The van der Waals surface area contributed by atoms with Gasteiger partial charge in [0, 0.05) is 61.7 Å². The fraction of sp³-hybridized carbons (Fsp3) is 0.469. The molecule has 0 radical (unpaired) electrons. The lowest BCUT2D eigenvalue weighted by Gasteiger charge is -2.30. The first-order chi connectivity index (χ1) is 22.6. The van der Waals surface area contributed by atoms with Gasteiger partial charge in [0.25, 0.3) is 10.0 Å². The molecule has 4 aromatic rings. The van der Waals surface area contributed by atoms with Gasteiger partial charge < -0.3 is 20.3 Å². The predicted octanol–water partition coefficient (Wildman–Crippen LogP) is 5.34. The molecule has 2 N–H and O–H groups in total. The van der Waals surface area contributed by atoms with Crippen LogP contribution < -0.4 is 15.4 Å². The molecule has 0 amide bonds. The van der Waals surface area contributed by atoms with Crippen LogP contribution >= 0.6 is 0 Å². The number of hydrogen-bond acceptors (Lipinski definition) is 11. The van der Waals surface area contributed by atoms with Crippen molar-refractivity contribution in [2.45, 2.75) is 74.7 Å². The second-order valence-corrected chi connectivity index (χ2v) is 14.7. The highest BCUT2D eigenvalue weighted by Crippen LogP contribution is 2.37. The number of nitrogens with one attached hydrogen (secondary N) is 2. The van der Waals surface area contributed by atoms with Gasteiger partial charge in [-0.05, 0) is 63.8 Å². The van der Waals surface area contributed by atoms with Crippen LogP contribution in [0.15, 0.2) is 55.2 Å². The van der Waals surface area contributed by atoms with E-state index in [4.69, 9.17) is 4.74 Å². The van der Waals surface area contributed by atoms with E-state index in [2.05, 4.69) is 47.6 Å². The van der Waals surface area contributed by atoms with Crippen LogP contribution in [0.4, 0.5) is 26.1 Å². The van der Waals surface area contributed by atoms with Gasteiger partial charge in [-0.15, -0.1) is 0 Å². The number of ether oxygens (including phenoxy) is 1. The Hall–Kier alpha value is -4.24. The Balaban J connectivity index is 1.11. The number of piperidine rings is 1. The first-order valence-electron chi connectivity index (χ1n) is 16.0. The Morgan fingerprint density at radius 3 is 2.45 bits per heavy atom. The van der Waals surface area contributed by atoms with Gasteiger partial charge in [-0.3, -0.25) is 4.98 Å². The van der Waals surface area contributed by atoms with Crippen molar-refractivity contribution in [1.82, 2.24) is 34.0 Å². The number of halogens is 2. The van der Waals surface area contributed by atoms with Gasteiger partial charge >= 0.3 is 0 Å². The average Bonchev–Trinajstić information content (AvgIpc) is 3.81. The molecule has 3 fully saturated rings. The molecule has 2 aliphatic carbocycles. The lowest BCUT2D eigenvalue weighted by atomic mass is 9.92. The summed E-state index contributed by atoms with van der Waals surface area (Å²) < 4.78 is 60.2. The van der Waals surface area contributed by atoms with Gasteiger partial charge in [0.2, 0.25) is 5.92 Å². The summed E-state index contributed by atoms with van der Waals surface area (Å²) in [6.07, 6.45) is 11.5. The smallest absolute Gasteiger partial charge is 0.256 e. The minimum Gasteiger partial charge on any atom is -0.489 e. The number of likely N-dealkylation sites (tertiary alicyclic amines) is 1. The van der Waals surface area contributed by atoms with Crippen LogP contribution in [0.3, 0.4) is 0 Å². The highest BCUT2D eigenvalue weighted by molar-refractivity contribution is 7.90. The number of rotatable bonds is 10. The van der Waals surface area contributed by atoms with E-state index in [0.717, 1.165) is 35.6 Å². The second-order valence-electron chi connectivity index (χ2n) is 12.6. The van der Waals surface area contributed by atoms with Gasteiger partial charge in [-0.25, -0.2) is 32.2 Å². The summed E-state index contributed by atoms with van der Waals surface area (Å²) in [4.78, 5) is 20.4. The maximum absolute atomic E-state index is 13.9. The van der Waals surface area contributed by atoms with Gasteiger partial charge in [0.1, 0.15) is 23.5 Å². The highest BCUT2D eigenvalue weighted by Gasteiger charge is 2.38. The molecule has 12 nitrogen and oxygen atoms in total. The molecule has 7 rings (SSSR count). The van der Waals surface area contributed by atoms with Gasteiger partial charge in [-0.2, -0.15) is 9.19 Å². The number of aromatic nitrogens is 6. The van der Waals surface area contributed by atoms with Crippen LogP contribution in [-0.4, -0.2) is 85.9 Å². The van der Waals surface area contributed by atoms with E-state index in [1.54, 1.807) is 24.7 Å². The van der Waals surface area contributed by atoms with Crippen molar-refractivity contribution in [2.75, 3.05) is 30.8 Å². The Kier molecular flexibility index (Phi) is 8.51. The van der Waals surface area contributed by atoms with E-state index in [1.165, 1.54) is 12.4 Å². The lowest BCUT2D eigenvalue weighted by Crippen LogP contribution is -2.35. The Morgan fingerprint density at radius 1 is 0.936 bits per heavy atom. The standard InChI is InChI=1S/C32H37F2N9O3S/c1-42-14-9-23(10-15-42)46-24-2-5-27(36-18-24)26-19-37-30(16-28(26)39-22-6-11-32(33,34)12-7-22)40-29-8-13-35-31(41-29)21-17-38-43(20-21)47(44,45)25-3-4-25/h2,5,8,13,16-20,22-23,25H,3-4,6-7,9-12,14-15H2,1H3,(H2,35,37,39,40,41). The van der Waals surface area contributed by atoms with E-state index in [-0.39, 0.29) is 25.0 Å². The molecule has 5 heterocycles. The molecule has 2 saturated carbocycles. The maximum atomic E-state index is 13.9. The van der Waals surface area contributed by atoms with Crippen LogP contribution in [0.5, 0.6) is 5.75 Å². The third-order valence-corrected chi connectivity index (χ3v) is 10.9. The molecule has 248 valence electrons. The third-order valence-electron chi connectivity index (χ3n) is 8.90. The SMILES string of the molecule is CN1CCC(Oc2ccc(-c3cnc(Nc4ccnc(-c5cnn(S(=O)(=O)C6CC6)c5)n4)cc3NC3CCC(F)(F)CC3)nc2)CC1. The van der Waals surface area contributed by atoms with Gasteiger partial charge in [-0.1, -0.05) is 0 Å². The van der Waals surface area contributed by atoms with E-state index in [9.17, 15) is 17.2 Å². The third kappa shape index (κ3) is 7.35. The van der Waals surface area contributed by atoms with E-state index in [0.29, 0.717) is 65.8 Å². The van der Waals surface area contributed by atoms with Crippen LogP contribution in [0.1, 0.15) is 51.4 Å². The second kappa shape index (κ2) is 12.8. The normalized spacial score (nSPS) is 19.4. The van der Waals surface area contributed by atoms with Gasteiger partial charge in [0.15, 0.2) is 5.82 Å². The first-order valence-corrected chi connectivity index (χ1v) is 17.5. The van der Waals surface area contributed by atoms with Crippen molar-refractivity contribution in [3.8, 4) is 28.4 Å². The first kappa shape index (κ1) is 31.4. The van der Waals surface area contributed by atoms with Crippen LogP contribution in [0.2, 0.25) is 0 Å². The van der Waals surface area contributed by atoms with Crippen molar-refractivity contribution >= 4 is 27.3 Å². The maximum Gasteiger partial charge on any atom is 0.256 e. The minimum atomic E-state index is -3.51. The minimum absolute atomic E-state index is 0.134. The molecule has 0 bridgehead atoms. The summed E-state index contributed by atoms with van der Waals surface area (Å²) in [5.74, 6) is -0.729. The Bertz CT molecular complexity index is 1820. The molecule has 3 aliphatic rings. The largest absolute Gasteiger partial charge is 0.489 e. The molecule has 0 unspecified atom stereocenters. The van der Waals surface area contributed by atoms with Crippen molar-refractivity contribution < 1.29 is 21.9 Å². The summed E-state index contributed by atoms with van der Waals surface area (Å²) in [7, 11) is -1.40. The number of hydrogen-bond donors (Lipinski definition) is 2. The molecule has 47 heavy (non-hydrogen) atoms. The molecule has 0 atom stereocenters. The summed E-state index contributed by atoms with van der Waals surface area (Å²) in [5.41, 5.74) is 2.57. The van der Waals surface area contributed by atoms with Crippen molar-refractivity contribution in [2.24, 2.45) is 0 Å². The van der Waals surface area contributed by atoms with Crippen LogP contribution in [0, 0.1) is 0 Å². The van der Waals surface area contributed by atoms with Gasteiger partial charge in [0.05, 0.1) is 35.1 Å². The number of pyridine rings is 2. The van der Waals surface area contributed by atoms with Crippen molar-refractivity contribution in [3.05, 3.63) is 55.2 Å². The molecule has 1 saturated heterocycles. The van der Waals surface area contributed by atoms with E-state index >= 15 is 0 Å². The summed E-state index contributed by atoms with van der Waals surface area (Å²) in [6, 6.07) is 7.14.